The molecule has 2 aliphatic rings. The molecule has 0 saturated carbocycles. The van der Waals surface area contributed by atoms with Crippen molar-refractivity contribution in [1.29, 1.82) is 0 Å². The fourth-order valence-electron chi connectivity index (χ4n) is 7.96. The Kier molecular flexibility index (Phi) is 9.63. The van der Waals surface area contributed by atoms with Gasteiger partial charge < -0.3 is 9.47 Å². The molecule has 254 valence electrons. The molecule has 0 bridgehead atoms. The monoisotopic (exact) mass is 684 g/mol. The molecule has 6 rings (SSSR count). The largest absolute Gasteiger partial charge is 0.462 e. The van der Waals surface area contributed by atoms with Crippen LogP contribution >= 0.6 is 0 Å². The van der Waals surface area contributed by atoms with Crippen LogP contribution in [0.3, 0.4) is 0 Å². The van der Waals surface area contributed by atoms with E-state index in [1.165, 1.54) is 22.3 Å². The van der Waals surface area contributed by atoms with E-state index in [4.69, 9.17) is 19.5 Å². The number of hydrogen-bond donors (Lipinski definition) is 0. The standard InChI is InChI=1S/C43H50N2O2.Ni/c1-28-19-11-15-23-32(28)42(33-24-16-12-20-29(33)2)38(40(5,6)7)44-36(46-42)27-37-45-39(41(8,9)10)43(47-37,34-25-17-13-21-30(34)3)35-26-18-14-22-31(35)4;/h11-26,38-39H,27H2,1-10H3;/t38-,39-;/m1./s1. The number of nitrogens with zero attached hydrogens (tertiary/aromatic N) is 2. The second-order valence-corrected chi connectivity index (χ2v) is 15.7. The van der Waals surface area contributed by atoms with Gasteiger partial charge in [0.25, 0.3) is 0 Å². The predicted octanol–water partition coefficient (Wildman–Crippen LogP) is 10.2. The van der Waals surface area contributed by atoms with Crippen LogP contribution in [0.25, 0.3) is 0 Å². The Hall–Kier alpha value is -3.69. The summed E-state index contributed by atoms with van der Waals surface area (Å²) < 4.78 is 14.6. The van der Waals surface area contributed by atoms with Crippen LogP contribution in [0.2, 0.25) is 0 Å². The summed E-state index contributed by atoms with van der Waals surface area (Å²) in [6, 6.07) is 34.0. The molecule has 0 aromatic heterocycles. The van der Waals surface area contributed by atoms with Crippen LogP contribution in [-0.4, -0.2) is 23.9 Å². The Bertz CT molecular complexity index is 1630. The first-order valence-corrected chi connectivity index (χ1v) is 17.0. The Labute approximate surface area is 298 Å². The van der Waals surface area contributed by atoms with Crippen molar-refractivity contribution in [3.05, 3.63) is 142 Å². The maximum absolute atomic E-state index is 7.32. The van der Waals surface area contributed by atoms with E-state index in [9.17, 15) is 0 Å². The van der Waals surface area contributed by atoms with Gasteiger partial charge in [-0.1, -0.05) is 139 Å². The van der Waals surface area contributed by atoms with E-state index in [1.807, 2.05) is 0 Å². The minimum Gasteiger partial charge on any atom is -0.462 e. The second kappa shape index (κ2) is 13.0. The van der Waals surface area contributed by atoms with Crippen molar-refractivity contribution >= 4 is 11.8 Å². The molecule has 4 aromatic rings. The van der Waals surface area contributed by atoms with E-state index in [0.717, 1.165) is 22.3 Å². The fraction of sp³-hybridized carbons (Fsp3) is 0.395. The zero-order valence-electron chi connectivity index (χ0n) is 30.1. The molecule has 0 saturated heterocycles. The molecule has 48 heavy (non-hydrogen) atoms. The minimum atomic E-state index is -0.796. The van der Waals surface area contributed by atoms with Crippen molar-refractivity contribution < 1.29 is 26.0 Å². The summed E-state index contributed by atoms with van der Waals surface area (Å²) in [4.78, 5) is 10.9. The third kappa shape index (κ3) is 5.93. The molecule has 2 heterocycles. The number of benzene rings is 4. The first-order valence-electron chi connectivity index (χ1n) is 17.0. The Morgan fingerprint density at radius 2 is 0.729 bits per heavy atom. The first kappa shape index (κ1) is 35.6. The van der Waals surface area contributed by atoms with E-state index in [-0.39, 0.29) is 39.4 Å². The van der Waals surface area contributed by atoms with Crippen molar-refractivity contribution in [3.63, 3.8) is 0 Å². The molecule has 0 fully saturated rings. The molecule has 0 spiro atoms. The van der Waals surface area contributed by atoms with Gasteiger partial charge in [-0.05, 0) is 60.8 Å². The molecule has 0 unspecified atom stereocenters. The average molecular weight is 686 g/mol. The van der Waals surface area contributed by atoms with E-state index in [1.54, 1.807) is 0 Å². The van der Waals surface area contributed by atoms with Gasteiger partial charge in [-0.25, -0.2) is 9.98 Å². The van der Waals surface area contributed by atoms with E-state index in [0.29, 0.717) is 18.2 Å². The van der Waals surface area contributed by atoms with Crippen LogP contribution in [-0.2, 0) is 37.2 Å². The smallest absolute Gasteiger partial charge is 0.194 e. The zero-order valence-corrected chi connectivity index (χ0v) is 31.1. The second-order valence-electron chi connectivity index (χ2n) is 15.7. The normalized spacial score (nSPS) is 19.9. The molecule has 4 aromatic carbocycles. The van der Waals surface area contributed by atoms with Gasteiger partial charge in [0, 0.05) is 38.7 Å². The van der Waals surface area contributed by atoms with Crippen LogP contribution in [0, 0.1) is 38.5 Å². The molecule has 4 nitrogen and oxygen atoms in total. The Balaban J connectivity index is 0.00000451. The minimum absolute atomic E-state index is 0. The molecule has 2 aliphatic heterocycles. The maximum atomic E-state index is 7.32. The number of ether oxygens (including phenoxy) is 2. The van der Waals surface area contributed by atoms with E-state index >= 15 is 0 Å². The number of rotatable bonds is 6. The molecule has 0 aliphatic carbocycles. The Morgan fingerprint density at radius 1 is 0.479 bits per heavy atom. The molecule has 2 atom stereocenters. The van der Waals surface area contributed by atoms with Crippen LogP contribution in [0.15, 0.2) is 107 Å². The van der Waals surface area contributed by atoms with Gasteiger partial charge in [0.15, 0.2) is 23.0 Å². The van der Waals surface area contributed by atoms with Gasteiger partial charge in [-0.2, -0.15) is 0 Å². The van der Waals surface area contributed by atoms with Gasteiger partial charge in [-0.15, -0.1) is 0 Å². The molecule has 0 N–H and O–H groups in total. The summed E-state index contributed by atoms with van der Waals surface area (Å²) >= 11 is 0. The molecular formula is C43H50N2NiO2. The van der Waals surface area contributed by atoms with Gasteiger partial charge in [0.2, 0.25) is 0 Å². The van der Waals surface area contributed by atoms with Gasteiger partial charge >= 0.3 is 0 Å². The van der Waals surface area contributed by atoms with Crippen molar-refractivity contribution in [2.45, 2.75) is 98.9 Å². The zero-order chi connectivity index (χ0) is 33.8. The average Bonchev–Trinajstić information content (AvgIpc) is 3.59. The number of aryl methyl sites for hydroxylation is 4. The van der Waals surface area contributed by atoms with Crippen LogP contribution in [0.5, 0.6) is 0 Å². The number of hydrogen-bond acceptors (Lipinski definition) is 4. The van der Waals surface area contributed by atoms with Crippen LogP contribution < -0.4 is 0 Å². The van der Waals surface area contributed by atoms with Crippen LogP contribution in [0.4, 0.5) is 0 Å². The molecule has 0 radical (unpaired) electrons. The first-order chi connectivity index (χ1) is 22.2. The van der Waals surface area contributed by atoms with Gasteiger partial charge in [0.05, 0.1) is 6.42 Å². The third-order valence-electron chi connectivity index (χ3n) is 10.00. The summed E-state index contributed by atoms with van der Waals surface area (Å²) in [5.74, 6) is 1.32. The molecule has 5 heteroatoms. The van der Waals surface area contributed by atoms with Crippen molar-refractivity contribution in [2.24, 2.45) is 20.8 Å². The maximum Gasteiger partial charge on any atom is 0.194 e. The Morgan fingerprint density at radius 3 is 0.958 bits per heavy atom. The quantitative estimate of drug-likeness (QED) is 0.190. The van der Waals surface area contributed by atoms with Gasteiger partial charge in [0.1, 0.15) is 12.1 Å². The van der Waals surface area contributed by atoms with Crippen LogP contribution in [0.1, 0.15) is 92.5 Å². The summed E-state index contributed by atoms with van der Waals surface area (Å²) in [5.41, 5.74) is 7.30. The van der Waals surface area contributed by atoms with Crippen molar-refractivity contribution in [2.75, 3.05) is 0 Å². The van der Waals surface area contributed by atoms with E-state index < -0.39 is 11.2 Å². The molecule has 0 amide bonds. The van der Waals surface area contributed by atoms with E-state index in [2.05, 4.69) is 166 Å². The summed E-state index contributed by atoms with van der Waals surface area (Å²) in [7, 11) is 0. The topological polar surface area (TPSA) is 43.2 Å². The van der Waals surface area contributed by atoms with Crippen molar-refractivity contribution in [1.82, 2.24) is 0 Å². The van der Waals surface area contributed by atoms with Crippen molar-refractivity contribution in [3.8, 4) is 0 Å². The fourth-order valence-corrected chi connectivity index (χ4v) is 7.96. The third-order valence-corrected chi connectivity index (χ3v) is 10.00. The summed E-state index contributed by atoms with van der Waals surface area (Å²) in [6.07, 6.45) is 0.373. The number of aliphatic imine (C=N–C) groups is 2. The summed E-state index contributed by atoms with van der Waals surface area (Å²) in [5, 5.41) is 0. The van der Waals surface area contributed by atoms with Gasteiger partial charge in [-0.3, -0.25) is 0 Å². The molecular weight excluding hydrogens is 635 g/mol. The predicted molar refractivity (Wildman–Crippen MR) is 194 cm³/mol. The SMILES string of the molecule is Cc1ccccc1C1(c2ccccc2C)OC(CC2=N[C@H](C(C)(C)C)C(c3ccccc3C)(c3ccccc3C)O2)=N[C@@H]1C(C)(C)C.[Ni]. The summed E-state index contributed by atoms with van der Waals surface area (Å²) in [6.45, 7) is 22.3.